The van der Waals surface area contributed by atoms with E-state index in [0.717, 1.165) is 78.5 Å². The average molecular weight is 565 g/mol. The lowest BCUT2D eigenvalue weighted by molar-refractivity contribution is 0.0240. The lowest BCUT2D eigenvalue weighted by atomic mass is 9.99. The number of rotatable bonds is 4. The summed E-state index contributed by atoms with van der Waals surface area (Å²) in [7, 11) is 0. The number of fused-ring (bicyclic) bond motifs is 1. The Bertz CT molecular complexity index is 1600. The van der Waals surface area contributed by atoms with Gasteiger partial charge in [-0.3, -0.25) is 0 Å². The van der Waals surface area contributed by atoms with Crippen LogP contribution in [0.5, 0.6) is 0 Å². The van der Waals surface area contributed by atoms with E-state index in [-0.39, 0.29) is 6.09 Å². The molecule has 10 heteroatoms. The summed E-state index contributed by atoms with van der Waals surface area (Å²) in [4.78, 5) is 23.6. The number of amides is 1. The van der Waals surface area contributed by atoms with Gasteiger partial charge in [0.1, 0.15) is 17.5 Å². The molecule has 0 saturated carbocycles. The van der Waals surface area contributed by atoms with E-state index >= 15 is 0 Å². The van der Waals surface area contributed by atoms with Crippen molar-refractivity contribution in [2.24, 2.45) is 0 Å². The first-order valence-electron chi connectivity index (χ1n) is 14.5. The maximum atomic E-state index is 12.4. The first-order valence-corrected chi connectivity index (χ1v) is 14.5. The molecular weight excluding hydrogens is 528 g/mol. The maximum absolute atomic E-state index is 12.4. The minimum absolute atomic E-state index is 0.254. The Kier molecular flexibility index (Phi) is 7.43. The van der Waals surface area contributed by atoms with Gasteiger partial charge >= 0.3 is 6.09 Å². The predicted molar refractivity (Wildman–Crippen MR) is 164 cm³/mol. The van der Waals surface area contributed by atoms with E-state index in [4.69, 9.17) is 9.72 Å². The first-order chi connectivity index (χ1) is 20.3. The van der Waals surface area contributed by atoms with E-state index in [1.54, 1.807) is 15.6 Å². The summed E-state index contributed by atoms with van der Waals surface area (Å²) in [5.41, 5.74) is 5.83. The molecule has 2 aliphatic rings. The summed E-state index contributed by atoms with van der Waals surface area (Å²) in [5, 5.41) is 17.7. The second kappa shape index (κ2) is 11.3. The zero-order valence-electron chi connectivity index (χ0n) is 24.4. The number of anilines is 2. The molecule has 0 bridgehead atoms. The normalized spacial score (nSPS) is 16.0. The maximum Gasteiger partial charge on any atom is 0.410 e. The van der Waals surface area contributed by atoms with Crippen molar-refractivity contribution in [1.82, 2.24) is 24.8 Å². The van der Waals surface area contributed by atoms with Crippen molar-refractivity contribution < 1.29 is 9.53 Å². The molecule has 0 atom stereocenters. The fourth-order valence-corrected chi connectivity index (χ4v) is 5.55. The number of ether oxygens (including phenoxy) is 1. The van der Waals surface area contributed by atoms with Gasteiger partial charge in [-0.2, -0.15) is 10.4 Å². The molecule has 0 radical (unpaired) electrons. The van der Waals surface area contributed by atoms with Gasteiger partial charge in [0.25, 0.3) is 0 Å². The van der Waals surface area contributed by atoms with Crippen LogP contribution in [0.4, 0.5) is 16.3 Å². The van der Waals surface area contributed by atoms with Crippen LogP contribution in [0.3, 0.4) is 0 Å². The van der Waals surface area contributed by atoms with Gasteiger partial charge in [0, 0.05) is 87.1 Å². The van der Waals surface area contributed by atoms with Crippen LogP contribution in [0.15, 0.2) is 61.1 Å². The molecule has 6 rings (SSSR count). The van der Waals surface area contributed by atoms with E-state index in [1.807, 2.05) is 33.2 Å². The number of nitrogens with one attached hydrogen (secondary N) is 1. The SMILES string of the molecule is CC(C)(C)OC(=O)N1CCN(c2ccc(-c3cc(-c4ccc(N5CCNCC5)nc4)c4c(C#N)cnn4c3)cc2)CC1. The van der Waals surface area contributed by atoms with Crippen molar-refractivity contribution in [3.63, 3.8) is 0 Å². The summed E-state index contributed by atoms with van der Waals surface area (Å²) >= 11 is 0. The van der Waals surface area contributed by atoms with Crippen LogP contribution in [-0.4, -0.2) is 83.6 Å². The zero-order valence-corrected chi connectivity index (χ0v) is 24.4. The van der Waals surface area contributed by atoms with Crippen molar-refractivity contribution in [1.29, 1.82) is 5.26 Å². The van der Waals surface area contributed by atoms with Gasteiger partial charge in [0.15, 0.2) is 0 Å². The van der Waals surface area contributed by atoms with Crippen LogP contribution in [0, 0.1) is 11.3 Å². The van der Waals surface area contributed by atoms with Crippen LogP contribution < -0.4 is 15.1 Å². The number of benzene rings is 1. The van der Waals surface area contributed by atoms with Gasteiger partial charge in [0.2, 0.25) is 0 Å². The summed E-state index contributed by atoms with van der Waals surface area (Å²) in [5.74, 6) is 0.962. The quantitative estimate of drug-likeness (QED) is 0.389. The number of nitriles is 1. The van der Waals surface area contributed by atoms with Crippen LogP contribution in [0.1, 0.15) is 26.3 Å². The summed E-state index contributed by atoms with van der Waals surface area (Å²) < 4.78 is 7.32. The van der Waals surface area contributed by atoms with E-state index in [9.17, 15) is 10.1 Å². The summed E-state index contributed by atoms with van der Waals surface area (Å²) in [6.45, 7) is 12.2. The highest BCUT2D eigenvalue weighted by Gasteiger charge is 2.26. The first kappa shape index (κ1) is 27.5. The highest BCUT2D eigenvalue weighted by atomic mass is 16.6. The molecule has 0 spiro atoms. The van der Waals surface area contributed by atoms with Crippen molar-refractivity contribution in [3.05, 3.63) is 66.6 Å². The van der Waals surface area contributed by atoms with E-state index in [2.05, 4.69) is 68.7 Å². The number of carbonyl (C=O) groups excluding carboxylic acids is 1. The largest absolute Gasteiger partial charge is 0.444 e. The van der Waals surface area contributed by atoms with Gasteiger partial charge in [-0.25, -0.2) is 14.3 Å². The van der Waals surface area contributed by atoms with Gasteiger partial charge in [-0.1, -0.05) is 12.1 Å². The summed E-state index contributed by atoms with van der Waals surface area (Å²) in [6, 6.07) is 17.0. The monoisotopic (exact) mass is 564 g/mol. The Hall–Kier alpha value is -4.62. The van der Waals surface area contributed by atoms with Crippen LogP contribution >= 0.6 is 0 Å². The number of hydrogen-bond donors (Lipinski definition) is 1. The van der Waals surface area contributed by atoms with Crippen molar-refractivity contribution in [2.75, 3.05) is 62.2 Å². The van der Waals surface area contributed by atoms with E-state index < -0.39 is 5.60 Å². The highest BCUT2D eigenvalue weighted by molar-refractivity contribution is 5.87. The molecule has 5 heterocycles. The smallest absolute Gasteiger partial charge is 0.410 e. The van der Waals surface area contributed by atoms with Gasteiger partial charge in [0.05, 0.1) is 17.3 Å². The average Bonchev–Trinajstić information content (AvgIpc) is 3.44. The van der Waals surface area contributed by atoms with Crippen molar-refractivity contribution >= 4 is 23.1 Å². The van der Waals surface area contributed by atoms with E-state index in [0.29, 0.717) is 18.7 Å². The molecule has 2 saturated heterocycles. The van der Waals surface area contributed by atoms with Crippen molar-refractivity contribution in [3.8, 4) is 28.3 Å². The number of carbonyl (C=O) groups is 1. The van der Waals surface area contributed by atoms with Gasteiger partial charge < -0.3 is 24.8 Å². The molecule has 3 aromatic heterocycles. The lowest BCUT2D eigenvalue weighted by Crippen LogP contribution is -2.50. The third-order valence-corrected chi connectivity index (χ3v) is 7.73. The molecule has 42 heavy (non-hydrogen) atoms. The fraction of sp³-hybridized carbons (Fsp3) is 0.375. The molecular formula is C32H36N8O2. The number of piperazine rings is 2. The summed E-state index contributed by atoms with van der Waals surface area (Å²) in [6.07, 6.45) is 5.22. The van der Waals surface area contributed by atoms with Crippen LogP contribution in [-0.2, 0) is 4.74 Å². The Balaban J connectivity index is 1.23. The van der Waals surface area contributed by atoms with Gasteiger partial charge in [-0.05, 0) is 56.7 Å². The third-order valence-electron chi connectivity index (χ3n) is 7.73. The Morgan fingerprint density at radius 1 is 0.905 bits per heavy atom. The van der Waals surface area contributed by atoms with Gasteiger partial charge in [-0.15, -0.1) is 0 Å². The topological polar surface area (TPSA) is 102 Å². The second-order valence-electron chi connectivity index (χ2n) is 11.7. The molecule has 216 valence electrons. The van der Waals surface area contributed by atoms with Crippen LogP contribution in [0.2, 0.25) is 0 Å². The molecule has 4 aromatic rings. The number of aromatic nitrogens is 3. The minimum Gasteiger partial charge on any atom is -0.444 e. The predicted octanol–water partition coefficient (Wildman–Crippen LogP) is 4.40. The molecule has 0 unspecified atom stereocenters. The Morgan fingerprint density at radius 3 is 2.26 bits per heavy atom. The standard InChI is InChI=1S/C32H36N8O2/c1-32(2,3)42-31(41)39-16-14-37(15-17-39)27-7-4-23(5-8-27)25-18-28(30-26(19-33)21-36-40(30)22-25)24-6-9-29(35-20-24)38-12-10-34-11-13-38/h4-9,18,20-22,34H,10-17H2,1-3H3. The molecule has 1 aromatic carbocycles. The second-order valence-corrected chi connectivity index (χ2v) is 11.7. The molecule has 0 aliphatic carbocycles. The number of nitrogens with zero attached hydrogens (tertiary/aromatic N) is 7. The molecule has 10 nitrogen and oxygen atoms in total. The Morgan fingerprint density at radius 2 is 1.62 bits per heavy atom. The van der Waals surface area contributed by atoms with Crippen LogP contribution in [0.25, 0.3) is 27.8 Å². The molecule has 2 fully saturated rings. The molecule has 1 N–H and O–H groups in total. The highest BCUT2D eigenvalue weighted by Crippen LogP contribution is 2.33. The van der Waals surface area contributed by atoms with Crippen molar-refractivity contribution in [2.45, 2.75) is 26.4 Å². The number of hydrogen-bond acceptors (Lipinski definition) is 8. The molecule has 2 aliphatic heterocycles. The third kappa shape index (κ3) is 5.74. The molecule has 1 amide bonds. The minimum atomic E-state index is -0.496. The fourth-order valence-electron chi connectivity index (χ4n) is 5.55. The Labute approximate surface area is 246 Å². The number of pyridine rings is 2. The lowest BCUT2D eigenvalue weighted by Gasteiger charge is -2.36. The zero-order chi connectivity index (χ0) is 29.3. The van der Waals surface area contributed by atoms with E-state index in [1.165, 1.54) is 0 Å².